The lowest BCUT2D eigenvalue weighted by Gasteiger charge is -2.18. The predicted molar refractivity (Wildman–Crippen MR) is 91.1 cm³/mol. The molecule has 6 heteroatoms. The molecule has 5 nitrogen and oxygen atoms in total. The molecule has 4 rings (SSSR count). The summed E-state index contributed by atoms with van der Waals surface area (Å²) in [5.74, 6) is 0.673. The molecule has 1 aliphatic heterocycles. The molecule has 0 radical (unpaired) electrons. The Hall–Kier alpha value is -3.02. The quantitative estimate of drug-likeness (QED) is 0.742. The Kier molecular flexibility index (Phi) is 3.57. The highest BCUT2D eigenvalue weighted by Gasteiger charge is 2.25. The number of fused-ring (bicyclic) bond motifs is 1. The van der Waals surface area contributed by atoms with Crippen molar-refractivity contribution < 1.29 is 4.39 Å². The maximum Gasteiger partial charge on any atom is 0.153 e. The maximum atomic E-state index is 13.5. The molecular weight excluding hydrogens is 305 g/mol. The van der Waals surface area contributed by atoms with Crippen molar-refractivity contribution in [1.29, 1.82) is 0 Å². The Morgan fingerprint density at radius 3 is 2.83 bits per heavy atom. The van der Waals surface area contributed by atoms with E-state index >= 15 is 0 Å². The zero-order chi connectivity index (χ0) is 16.5. The summed E-state index contributed by atoms with van der Waals surface area (Å²) in [5.41, 5.74) is 3.69. The Bertz CT molecular complexity index is 868. The fourth-order valence-electron chi connectivity index (χ4n) is 2.94. The van der Waals surface area contributed by atoms with Crippen LogP contribution in [0.4, 0.5) is 15.9 Å². The fourth-order valence-corrected chi connectivity index (χ4v) is 2.94. The molecule has 0 saturated heterocycles. The molecule has 3 heterocycles. The zero-order valence-electron chi connectivity index (χ0n) is 13.2. The molecule has 1 aliphatic rings. The Labute approximate surface area is 139 Å². The van der Waals surface area contributed by atoms with Crippen molar-refractivity contribution in [1.82, 2.24) is 15.0 Å². The molecule has 0 fully saturated rings. The molecule has 0 unspecified atom stereocenters. The predicted octanol–water partition coefficient (Wildman–Crippen LogP) is 3.09. The molecule has 1 aromatic carbocycles. The standard InChI is InChI=1S/C18H16FN5/c1-23-12-24(10-16-5-6-20-11-22-16)17-8-14(9-21-18(17)23)13-3-2-4-15(19)7-13/h2-9,11H,10,12H2,1H3. The summed E-state index contributed by atoms with van der Waals surface area (Å²) < 4.78 is 13.5. The second-order valence-electron chi connectivity index (χ2n) is 5.82. The molecule has 120 valence electrons. The molecule has 2 aromatic heterocycles. The molecule has 0 aliphatic carbocycles. The molecule has 0 saturated carbocycles. The minimum Gasteiger partial charge on any atom is -0.345 e. The highest BCUT2D eigenvalue weighted by Crippen LogP contribution is 2.36. The third-order valence-electron chi connectivity index (χ3n) is 4.09. The zero-order valence-corrected chi connectivity index (χ0v) is 13.2. The smallest absolute Gasteiger partial charge is 0.153 e. The van der Waals surface area contributed by atoms with Gasteiger partial charge in [-0.3, -0.25) is 0 Å². The van der Waals surface area contributed by atoms with E-state index in [4.69, 9.17) is 0 Å². The van der Waals surface area contributed by atoms with E-state index in [-0.39, 0.29) is 5.82 Å². The van der Waals surface area contributed by atoms with Crippen LogP contribution in [0.25, 0.3) is 11.1 Å². The second-order valence-corrected chi connectivity index (χ2v) is 5.82. The van der Waals surface area contributed by atoms with E-state index in [0.29, 0.717) is 6.54 Å². The lowest BCUT2D eigenvalue weighted by atomic mass is 10.1. The van der Waals surface area contributed by atoms with E-state index in [0.717, 1.165) is 35.0 Å². The summed E-state index contributed by atoms with van der Waals surface area (Å²) in [6.45, 7) is 1.41. The van der Waals surface area contributed by atoms with E-state index in [1.807, 2.05) is 19.2 Å². The summed E-state index contributed by atoms with van der Waals surface area (Å²) in [7, 11) is 2.01. The van der Waals surface area contributed by atoms with E-state index < -0.39 is 0 Å². The molecule has 3 aromatic rings. The summed E-state index contributed by atoms with van der Waals surface area (Å²) >= 11 is 0. The maximum absolute atomic E-state index is 13.5. The molecule has 0 N–H and O–H groups in total. The van der Waals surface area contributed by atoms with Gasteiger partial charge < -0.3 is 9.80 Å². The van der Waals surface area contributed by atoms with Gasteiger partial charge in [-0.15, -0.1) is 0 Å². The van der Waals surface area contributed by atoms with Crippen molar-refractivity contribution in [3.63, 3.8) is 0 Å². The normalized spacial score (nSPS) is 13.2. The number of anilines is 2. The van der Waals surface area contributed by atoms with Crippen LogP contribution in [0, 0.1) is 5.82 Å². The van der Waals surface area contributed by atoms with Crippen LogP contribution < -0.4 is 9.80 Å². The first-order valence-corrected chi connectivity index (χ1v) is 7.68. The Morgan fingerprint density at radius 2 is 2.04 bits per heavy atom. The average molecular weight is 321 g/mol. The lowest BCUT2D eigenvalue weighted by Crippen LogP contribution is -2.28. The monoisotopic (exact) mass is 321 g/mol. The van der Waals surface area contributed by atoms with E-state index in [1.165, 1.54) is 12.1 Å². The highest BCUT2D eigenvalue weighted by atomic mass is 19.1. The van der Waals surface area contributed by atoms with E-state index in [2.05, 4.69) is 30.8 Å². The van der Waals surface area contributed by atoms with Crippen molar-refractivity contribution in [2.45, 2.75) is 6.54 Å². The van der Waals surface area contributed by atoms with Crippen molar-refractivity contribution in [3.8, 4) is 11.1 Å². The minimum atomic E-state index is -0.247. The molecule has 0 spiro atoms. The summed E-state index contributed by atoms with van der Waals surface area (Å²) in [6.07, 6.45) is 5.08. The van der Waals surface area contributed by atoms with E-state index in [9.17, 15) is 4.39 Å². The van der Waals surface area contributed by atoms with E-state index in [1.54, 1.807) is 24.8 Å². The van der Waals surface area contributed by atoms with Gasteiger partial charge in [0.1, 0.15) is 12.1 Å². The van der Waals surface area contributed by atoms with Gasteiger partial charge in [0.2, 0.25) is 0 Å². The number of pyridine rings is 1. The molecule has 0 bridgehead atoms. The number of nitrogens with zero attached hydrogens (tertiary/aromatic N) is 5. The van der Waals surface area contributed by atoms with Crippen LogP contribution in [0.5, 0.6) is 0 Å². The fraction of sp³-hybridized carbons (Fsp3) is 0.167. The molecule has 0 amide bonds. The Balaban J connectivity index is 1.70. The first-order valence-electron chi connectivity index (χ1n) is 7.68. The molecule has 0 atom stereocenters. The van der Waals surface area contributed by atoms with Crippen LogP contribution in [-0.2, 0) is 6.54 Å². The van der Waals surface area contributed by atoms with Crippen LogP contribution in [0.1, 0.15) is 5.69 Å². The van der Waals surface area contributed by atoms with Crippen LogP contribution >= 0.6 is 0 Å². The van der Waals surface area contributed by atoms with Gasteiger partial charge in [-0.2, -0.15) is 0 Å². The first-order chi connectivity index (χ1) is 11.7. The van der Waals surface area contributed by atoms with Gasteiger partial charge in [-0.25, -0.2) is 19.3 Å². The molecular formula is C18H16FN5. The van der Waals surface area contributed by atoms with Crippen LogP contribution in [0.15, 0.2) is 55.1 Å². The van der Waals surface area contributed by atoms with Gasteiger partial charge in [0.15, 0.2) is 5.82 Å². The van der Waals surface area contributed by atoms with Crippen LogP contribution in [0.2, 0.25) is 0 Å². The summed E-state index contributed by atoms with van der Waals surface area (Å²) in [5, 5.41) is 0. The minimum absolute atomic E-state index is 0.247. The summed E-state index contributed by atoms with van der Waals surface area (Å²) in [6, 6.07) is 10.5. The third-order valence-corrected chi connectivity index (χ3v) is 4.09. The average Bonchev–Trinajstić information content (AvgIpc) is 2.91. The number of benzene rings is 1. The topological polar surface area (TPSA) is 45.2 Å². The van der Waals surface area contributed by atoms with Gasteiger partial charge in [-0.1, -0.05) is 12.1 Å². The Morgan fingerprint density at radius 1 is 1.12 bits per heavy atom. The van der Waals surface area contributed by atoms with Gasteiger partial charge in [0.25, 0.3) is 0 Å². The lowest BCUT2D eigenvalue weighted by molar-refractivity contribution is 0.628. The number of hydrogen-bond donors (Lipinski definition) is 0. The van der Waals surface area contributed by atoms with Crippen molar-refractivity contribution in [2.24, 2.45) is 0 Å². The number of rotatable bonds is 3. The second kappa shape index (κ2) is 5.88. The van der Waals surface area contributed by atoms with Crippen LogP contribution in [-0.4, -0.2) is 28.7 Å². The van der Waals surface area contributed by atoms with Gasteiger partial charge >= 0.3 is 0 Å². The van der Waals surface area contributed by atoms with Gasteiger partial charge in [0.05, 0.1) is 24.6 Å². The third kappa shape index (κ3) is 2.67. The number of halogens is 1. The number of aromatic nitrogens is 3. The SMILES string of the molecule is CN1CN(Cc2ccncn2)c2cc(-c3cccc(F)c3)cnc21. The first kappa shape index (κ1) is 14.6. The largest absolute Gasteiger partial charge is 0.345 e. The highest BCUT2D eigenvalue weighted by molar-refractivity contribution is 5.78. The molecule has 24 heavy (non-hydrogen) atoms. The van der Waals surface area contributed by atoms with Gasteiger partial charge in [-0.05, 0) is 29.8 Å². The van der Waals surface area contributed by atoms with Crippen molar-refractivity contribution >= 4 is 11.5 Å². The van der Waals surface area contributed by atoms with Gasteiger partial charge in [0, 0.05) is 25.0 Å². The number of hydrogen-bond acceptors (Lipinski definition) is 5. The van der Waals surface area contributed by atoms with Crippen LogP contribution in [0.3, 0.4) is 0 Å². The van der Waals surface area contributed by atoms with Crippen molar-refractivity contribution in [3.05, 3.63) is 66.6 Å². The summed E-state index contributed by atoms with van der Waals surface area (Å²) in [4.78, 5) is 17.1. The van der Waals surface area contributed by atoms with Crippen molar-refractivity contribution in [2.75, 3.05) is 23.5 Å².